The summed E-state index contributed by atoms with van der Waals surface area (Å²) in [4.78, 5) is 6.14. The Labute approximate surface area is 146 Å². The van der Waals surface area contributed by atoms with Crippen molar-refractivity contribution >= 4 is 29.2 Å². The summed E-state index contributed by atoms with van der Waals surface area (Å²) in [6.07, 6.45) is -2.30. The lowest BCUT2D eigenvalue weighted by atomic mass is 10.0. The molecule has 25 heavy (non-hydrogen) atoms. The standard InChI is InChI=1S/C16H17F4N3OS/c17-10-5-11(23-4-3-9(7-24)14(23)16(18,19)20)13-12(6-10)25-22-15(21-13)8-1-2-8/h5-6,8-9,14,24H,1-4,7H2,(H,21,22)/t9-,14-/m1/s1. The van der Waals surface area contributed by atoms with Crippen molar-refractivity contribution in [2.24, 2.45) is 16.8 Å². The van der Waals surface area contributed by atoms with Gasteiger partial charge in [-0.2, -0.15) is 13.2 Å². The Morgan fingerprint density at radius 2 is 2.04 bits per heavy atom. The Morgan fingerprint density at radius 3 is 2.68 bits per heavy atom. The predicted molar refractivity (Wildman–Crippen MR) is 87.6 cm³/mol. The van der Waals surface area contributed by atoms with E-state index in [2.05, 4.69) is 9.71 Å². The molecule has 0 unspecified atom stereocenters. The maximum absolute atomic E-state index is 14.0. The third-order valence-corrected chi connectivity index (χ3v) is 5.73. The minimum atomic E-state index is -4.51. The normalized spacial score (nSPS) is 26.3. The van der Waals surface area contributed by atoms with Gasteiger partial charge in [0.15, 0.2) is 0 Å². The van der Waals surface area contributed by atoms with Crippen molar-refractivity contribution in [1.29, 1.82) is 0 Å². The molecule has 1 aromatic rings. The molecule has 9 heteroatoms. The molecule has 2 fully saturated rings. The number of nitrogens with zero attached hydrogens (tertiary/aromatic N) is 2. The maximum atomic E-state index is 14.0. The van der Waals surface area contributed by atoms with Crippen molar-refractivity contribution < 1.29 is 22.7 Å². The lowest BCUT2D eigenvalue weighted by Gasteiger charge is -2.33. The first kappa shape index (κ1) is 17.0. The van der Waals surface area contributed by atoms with E-state index in [1.54, 1.807) is 0 Å². The number of halogens is 4. The van der Waals surface area contributed by atoms with Gasteiger partial charge in [-0.3, -0.25) is 0 Å². The number of hydrogen-bond acceptors (Lipinski definition) is 5. The summed E-state index contributed by atoms with van der Waals surface area (Å²) in [6, 6.07) is 0.575. The Bertz CT molecular complexity index is 720. The van der Waals surface area contributed by atoms with Crippen LogP contribution in [0.5, 0.6) is 0 Å². The quantitative estimate of drug-likeness (QED) is 0.626. The fraction of sp³-hybridized carbons (Fsp3) is 0.562. The molecular weight excluding hydrogens is 358 g/mol. The number of hydrogen-bond donors (Lipinski definition) is 2. The maximum Gasteiger partial charge on any atom is 0.409 e. The first-order chi connectivity index (χ1) is 11.9. The highest BCUT2D eigenvalue weighted by Gasteiger charge is 2.52. The molecule has 1 saturated heterocycles. The van der Waals surface area contributed by atoms with E-state index in [1.807, 2.05) is 0 Å². The zero-order valence-corrected chi connectivity index (χ0v) is 14.0. The largest absolute Gasteiger partial charge is 0.409 e. The van der Waals surface area contributed by atoms with Crippen LogP contribution in [-0.4, -0.2) is 36.3 Å². The van der Waals surface area contributed by atoms with Gasteiger partial charge in [0.05, 0.1) is 10.6 Å². The monoisotopic (exact) mass is 375 g/mol. The van der Waals surface area contributed by atoms with Gasteiger partial charge >= 0.3 is 6.18 Å². The van der Waals surface area contributed by atoms with Crippen LogP contribution in [0.25, 0.3) is 0 Å². The number of rotatable bonds is 3. The second-order valence-corrected chi connectivity index (χ2v) is 7.51. The molecule has 0 aromatic heterocycles. The second kappa shape index (κ2) is 6.05. The molecular formula is C16H17F4N3OS. The summed E-state index contributed by atoms with van der Waals surface area (Å²) < 4.78 is 57.8. The van der Waals surface area contributed by atoms with Crippen molar-refractivity contribution in [1.82, 2.24) is 4.72 Å². The molecule has 4 rings (SSSR count). The number of amidine groups is 1. The van der Waals surface area contributed by atoms with Crippen molar-refractivity contribution in [2.45, 2.75) is 36.4 Å². The van der Waals surface area contributed by atoms with Crippen LogP contribution < -0.4 is 9.62 Å². The second-order valence-electron chi connectivity index (χ2n) is 6.66. The van der Waals surface area contributed by atoms with Crippen LogP contribution >= 0.6 is 11.9 Å². The third-order valence-electron chi connectivity index (χ3n) is 4.88. The minimum Gasteiger partial charge on any atom is -0.396 e. The number of aliphatic hydroxyl groups excluding tert-OH is 1. The zero-order chi connectivity index (χ0) is 17.8. The van der Waals surface area contributed by atoms with Crippen LogP contribution in [0.1, 0.15) is 19.3 Å². The highest BCUT2D eigenvalue weighted by Crippen LogP contribution is 2.48. The Morgan fingerprint density at radius 1 is 1.28 bits per heavy atom. The van der Waals surface area contributed by atoms with Gasteiger partial charge in [0.2, 0.25) is 0 Å². The fourth-order valence-electron chi connectivity index (χ4n) is 3.51. The molecule has 2 N–H and O–H groups in total. The highest BCUT2D eigenvalue weighted by atomic mass is 32.2. The van der Waals surface area contributed by atoms with Crippen LogP contribution in [0.15, 0.2) is 22.0 Å². The van der Waals surface area contributed by atoms with E-state index in [-0.39, 0.29) is 18.7 Å². The van der Waals surface area contributed by atoms with Gasteiger partial charge in [-0.1, -0.05) is 0 Å². The van der Waals surface area contributed by atoms with E-state index >= 15 is 0 Å². The van der Waals surface area contributed by atoms with Crippen LogP contribution in [0.3, 0.4) is 0 Å². The van der Waals surface area contributed by atoms with Gasteiger partial charge in [0.1, 0.15) is 23.4 Å². The number of nitrogens with one attached hydrogen (secondary N) is 1. The third kappa shape index (κ3) is 3.08. The average molecular weight is 375 g/mol. The van der Waals surface area contributed by atoms with Crippen LogP contribution in [0.4, 0.5) is 28.9 Å². The Hall–Kier alpha value is -1.48. The molecule has 0 amide bonds. The molecule has 4 nitrogen and oxygen atoms in total. The van der Waals surface area contributed by atoms with Gasteiger partial charge in [-0.15, -0.1) is 0 Å². The fourth-order valence-corrected chi connectivity index (χ4v) is 4.36. The number of aliphatic hydroxyl groups is 1. The number of alkyl halides is 3. The van der Waals surface area contributed by atoms with Crippen molar-refractivity contribution in [3.8, 4) is 0 Å². The lowest BCUT2D eigenvalue weighted by molar-refractivity contribution is -0.157. The van der Waals surface area contributed by atoms with Crippen LogP contribution in [0.2, 0.25) is 0 Å². The van der Waals surface area contributed by atoms with E-state index in [4.69, 9.17) is 0 Å². The van der Waals surface area contributed by atoms with E-state index in [0.29, 0.717) is 16.5 Å². The van der Waals surface area contributed by atoms with Crippen molar-refractivity contribution in [3.05, 3.63) is 17.9 Å². The summed E-state index contributed by atoms with van der Waals surface area (Å²) in [7, 11) is 0. The minimum absolute atomic E-state index is 0.109. The van der Waals surface area contributed by atoms with Gasteiger partial charge in [0, 0.05) is 25.0 Å². The first-order valence-corrected chi connectivity index (χ1v) is 8.99. The average Bonchev–Trinajstić information content (AvgIpc) is 3.30. The first-order valence-electron chi connectivity index (χ1n) is 8.17. The summed E-state index contributed by atoms with van der Waals surface area (Å²) >= 11 is 1.19. The molecule has 136 valence electrons. The predicted octanol–water partition coefficient (Wildman–Crippen LogP) is 3.63. The molecule has 3 aliphatic rings. The zero-order valence-electron chi connectivity index (χ0n) is 13.2. The Balaban J connectivity index is 1.79. The molecule has 2 atom stereocenters. The lowest BCUT2D eigenvalue weighted by Crippen LogP contribution is -2.46. The van der Waals surface area contributed by atoms with Crippen LogP contribution in [0, 0.1) is 17.7 Å². The summed E-state index contributed by atoms with van der Waals surface area (Å²) in [6.45, 7) is -0.442. The molecule has 0 radical (unpaired) electrons. The van der Waals surface area contributed by atoms with Crippen LogP contribution in [-0.2, 0) is 0 Å². The van der Waals surface area contributed by atoms with E-state index in [9.17, 15) is 22.7 Å². The smallest absolute Gasteiger partial charge is 0.396 e. The number of benzene rings is 1. The highest BCUT2D eigenvalue weighted by molar-refractivity contribution is 7.98. The number of aliphatic imine (C=N–C) groups is 1. The summed E-state index contributed by atoms with van der Waals surface area (Å²) in [5.41, 5.74) is 0.542. The molecule has 1 aliphatic carbocycles. The molecule has 2 heterocycles. The SMILES string of the molecule is OC[C@H]1CCN(c2cc(F)cc3c2N=C(C2CC2)NS3)[C@H]1C(F)(F)F. The van der Waals surface area contributed by atoms with Crippen molar-refractivity contribution in [3.63, 3.8) is 0 Å². The van der Waals surface area contributed by atoms with E-state index in [0.717, 1.165) is 29.6 Å². The van der Waals surface area contributed by atoms with Gasteiger partial charge < -0.3 is 14.7 Å². The Kier molecular flexibility index (Phi) is 4.10. The summed E-state index contributed by atoms with van der Waals surface area (Å²) in [5, 5.41) is 9.34. The summed E-state index contributed by atoms with van der Waals surface area (Å²) in [5.74, 6) is -0.464. The molecule has 1 aromatic carbocycles. The van der Waals surface area contributed by atoms with E-state index < -0.39 is 30.6 Å². The molecule has 0 spiro atoms. The molecule has 1 saturated carbocycles. The molecule has 2 aliphatic heterocycles. The van der Waals surface area contributed by atoms with Gasteiger partial charge in [0.25, 0.3) is 0 Å². The molecule has 0 bridgehead atoms. The van der Waals surface area contributed by atoms with E-state index in [1.165, 1.54) is 18.0 Å². The van der Waals surface area contributed by atoms with Gasteiger partial charge in [-0.05, 0) is 43.3 Å². The van der Waals surface area contributed by atoms with Crippen molar-refractivity contribution in [2.75, 3.05) is 18.1 Å². The number of fused-ring (bicyclic) bond motifs is 1. The number of anilines is 1. The topological polar surface area (TPSA) is 47.9 Å². The van der Waals surface area contributed by atoms with Gasteiger partial charge in [-0.25, -0.2) is 9.38 Å².